The molecule has 92 valence electrons. The van der Waals surface area contributed by atoms with Crippen molar-refractivity contribution >= 4 is 26.7 Å². The van der Waals surface area contributed by atoms with Gasteiger partial charge in [0.15, 0.2) is 0 Å². The Kier molecular flexibility index (Phi) is 3.09. The van der Waals surface area contributed by atoms with Gasteiger partial charge < -0.3 is 0 Å². The molecule has 0 amide bonds. The summed E-state index contributed by atoms with van der Waals surface area (Å²) in [7, 11) is -0.566. The second-order valence-electron chi connectivity index (χ2n) is 4.89. The van der Waals surface area contributed by atoms with Crippen LogP contribution in [0.3, 0.4) is 0 Å². The molecule has 2 fully saturated rings. The predicted octanol–water partition coefficient (Wildman–Crippen LogP) is 1.86. The van der Waals surface area contributed by atoms with E-state index < -0.39 is 10.8 Å². The van der Waals surface area contributed by atoms with Crippen molar-refractivity contribution in [1.29, 1.82) is 0 Å². The van der Waals surface area contributed by atoms with Gasteiger partial charge in [-0.05, 0) is 40.4 Å². The van der Waals surface area contributed by atoms with Gasteiger partial charge in [0.1, 0.15) is 0 Å². The van der Waals surface area contributed by atoms with Gasteiger partial charge in [0.2, 0.25) is 0 Å². The van der Waals surface area contributed by atoms with Gasteiger partial charge in [-0.25, -0.2) is 0 Å². The first-order valence-corrected chi connectivity index (χ1v) is 8.03. The monoisotopic (exact) mass is 314 g/mol. The van der Waals surface area contributed by atoms with Crippen molar-refractivity contribution in [2.24, 2.45) is 0 Å². The van der Waals surface area contributed by atoms with Crippen LogP contribution in [0.2, 0.25) is 0 Å². The summed E-state index contributed by atoms with van der Waals surface area (Å²) in [5.74, 6) is 0.866. The molecule has 3 nitrogen and oxygen atoms in total. The smallest absolute Gasteiger partial charge is 0.0491 e. The predicted molar refractivity (Wildman–Crippen MR) is 72.3 cm³/mol. The highest BCUT2D eigenvalue weighted by molar-refractivity contribution is 9.10. The van der Waals surface area contributed by atoms with E-state index in [1.807, 2.05) is 12.4 Å². The zero-order valence-corrected chi connectivity index (χ0v) is 12.1. The Morgan fingerprint density at radius 3 is 3.06 bits per heavy atom. The van der Waals surface area contributed by atoms with Crippen LogP contribution in [0.4, 0.5) is 0 Å². The average molecular weight is 315 g/mol. The number of halogens is 1. The lowest BCUT2D eigenvalue weighted by atomic mass is 10.1. The van der Waals surface area contributed by atoms with Crippen LogP contribution in [0.1, 0.15) is 17.5 Å². The molecule has 0 saturated carbocycles. The molecule has 5 heteroatoms. The van der Waals surface area contributed by atoms with E-state index in [-0.39, 0.29) is 0 Å². The third-order valence-corrected chi connectivity index (χ3v) is 6.45. The molecule has 0 spiro atoms. The topological polar surface area (TPSA) is 33.2 Å². The van der Waals surface area contributed by atoms with Crippen LogP contribution in [0.25, 0.3) is 0 Å². The fourth-order valence-corrected chi connectivity index (χ4v) is 4.90. The number of likely N-dealkylation sites (tertiary alicyclic amines) is 1. The molecule has 2 saturated heterocycles. The van der Waals surface area contributed by atoms with E-state index in [1.165, 1.54) is 11.1 Å². The van der Waals surface area contributed by atoms with Crippen LogP contribution in [0.5, 0.6) is 0 Å². The maximum absolute atomic E-state index is 11.6. The van der Waals surface area contributed by atoms with Crippen LogP contribution in [0.15, 0.2) is 16.9 Å². The zero-order valence-electron chi connectivity index (χ0n) is 9.73. The molecule has 2 aliphatic rings. The van der Waals surface area contributed by atoms with Gasteiger partial charge in [-0.15, -0.1) is 0 Å². The van der Waals surface area contributed by atoms with Gasteiger partial charge in [-0.2, -0.15) is 0 Å². The second kappa shape index (κ2) is 4.44. The summed E-state index contributed by atoms with van der Waals surface area (Å²) in [6.07, 6.45) is 4.90. The average Bonchev–Trinajstić information content (AvgIpc) is 2.83. The Morgan fingerprint density at radius 2 is 2.41 bits per heavy atom. The normalized spacial score (nSPS) is 32.2. The number of nitrogens with zero attached hydrogens (tertiary/aromatic N) is 2. The summed E-state index contributed by atoms with van der Waals surface area (Å²) >= 11 is 3.52. The Morgan fingerprint density at radius 1 is 1.59 bits per heavy atom. The van der Waals surface area contributed by atoms with Gasteiger partial charge in [0.05, 0.1) is 0 Å². The number of rotatable bonds is 2. The first-order chi connectivity index (χ1) is 8.15. The Balaban J connectivity index is 1.77. The van der Waals surface area contributed by atoms with Crippen molar-refractivity contribution in [3.8, 4) is 0 Å². The highest BCUT2D eigenvalue weighted by atomic mass is 79.9. The van der Waals surface area contributed by atoms with Gasteiger partial charge in [-0.1, -0.05) is 0 Å². The van der Waals surface area contributed by atoms with E-state index in [2.05, 4.69) is 32.7 Å². The minimum Gasteiger partial charge on any atom is -0.294 e. The Hall–Kier alpha value is -0.260. The molecular weight excluding hydrogens is 300 g/mol. The largest absolute Gasteiger partial charge is 0.294 e. The van der Waals surface area contributed by atoms with Gasteiger partial charge in [0.25, 0.3) is 0 Å². The first kappa shape index (κ1) is 11.8. The number of fused-ring (bicyclic) bond motifs is 2. The molecule has 1 aromatic rings. The highest BCUT2D eigenvalue weighted by Crippen LogP contribution is 2.32. The molecule has 0 N–H and O–H groups in total. The molecule has 2 aliphatic heterocycles. The Labute approximate surface area is 112 Å². The highest BCUT2D eigenvalue weighted by Gasteiger charge is 2.42. The minimum atomic E-state index is -0.566. The second-order valence-corrected chi connectivity index (χ2v) is 7.51. The van der Waals surface area contributed by atoms with Crippen molar-refractivity contribution in [3.63, 3.8) is 0 Å². The van der Waals surface area contributed by atoms with Gasteiger partial charge in [0, 0.05) is 57.8 Å². The van der Waals surface area contributed by atoms with Crippen molar-refractivity contribution in [2.45, 2.75) is 31.2 Å². The van der Waals surface area contributed by atoms with E-state index >= 15 is 0 Å². The quantitative estimate of drug-likeness (QED) is 0.835. The molecule has 1 unspecified atom stereocenters. The summed E-state index contributed by atoms with van der Waals surface area (Å²) in [5, 5.41) is 0.417. The number of pyridine rings is 1. The molecule has 3 heterocycles. The molecule has 3 rings (SSSR count). The Bertz CT molecular complexity index is 480. The minimum absolute atomic E-state index is 0.417. The van der Waals surface area contributed by atoms with Crippen molar-refractivity contribution in [2.75, 3.05) is 12.3 Å². The van der Waals surface area contributed by atoms with Gasteiger partial charge >= 0.3 is 0 Å². The first-order valence-electron chi connectivity index (χ1n) is 5.85. The summed E-state index contributed by atoms with van der Waals surface area (Å²) in [6, 6.07) is 0.527. The van der Waals surface area contributed by atoms with Crippen LogP contribution in [0, 0.1) is 6.92 Å². The maximum Gasteiger partial charge on any atom is 0.0491 e. The third kappa shape index (κ3) is 2.09. The van der Waals surface area contributed by atoms with E-state index in [0.717, 1.165) is 29.7 Å². The lowest BCUT2D eigenvalue weighted by Gasteiger charge is -2.26. The maximum atomic E-state index is 11.6. The summed E-state index contributed by atoms with van der Waals surface area (Å²) in [5.41, 5.74) is 2.54. The SMILES string of the molecule is Cc1c(Br)cncc1CN1C[C@@H]2C[C@H]1CS2=O. The van der Waals surface area contributed by atoms with Crippen LogP contribution in [-0.4, -0.2) is 37.7 Å². The fraction of sp³-hybridized carbons (Fsp3) is 0.583. The van der Waals surface area contributed by atoms with E-state index in [0.29, 0.717) is 11.3 Å². The van der Waals surface area contributed by atoms with Crippen molar-refractivity contribution in [3.05, 3.63) is 28.0 Å². The summed E-state index contributed by atoms with van der Waals surface area (Å²) in [6.45, 7) is 4.05. The number of hydrogen-bond acceptors (Lipinski definition) is 3. The van der Waals surface area contributed by atoms with Crippen LogP contribution in [-0.2, 0) is 17.3 Å². The molecule has 3 atom stereocenters. The molecule has 17 heavy (non-hydrogen) atoms. The van der Waals surface area contributed by atoms with Crippen molar-refractivity contribution in [1.82, 2.24) is 9.88 Å². The summed E-state index contributed by atoms with van der Waals surface area (Å²) < 4.78 is 12.7. The molecular formula is C12H15BrN2OS. The molecule has 0 aromatic carbocycles. The standard InChI is InChI=1S/C12H15BrN2OS/c1-8-9(3-14-4-12(8)13)5-15-6-11-2-10(15)7-17(11)16/h3-4,10-11H,2,5-7H2,1H3/t10-,11-,17?/m0/s1. The third-order valence-electron chi connectivity index (χ3n) is 3.85. The molecule has 0 aliphatic carbocycles. The number of aromatic nitrogens is 1. The van der Waals surface area contributed by atoms with Crippen LogP contribution >= 0.6 is 15.9 Å². The van der Waals surface area contributed by atoms with E-state index in [1.54, 1.807) is 0 Å². The lowest BCUT2D eigenvalue weighted by molar-refractivity contribution is 0.258. The van der Waals surface area contributed by atoms with Crippen molar-refractivity contribution < 1.29 is 4.21 Å². The van der Waals surface area contributed by atoms with Gasteiger partial charge in [-0.3, -0.25) is 14.1 Å². The van der Waals surface area contributed by atoms with E-state index in [4.69, 9.17) is 0 Å². The fourth-order valence-electron chi connectivity index (χ4n) is 2.74. The molecule has 0 radical (unpaired) electrons. The van der Waals surface area contributed by atoms with E-state index in [9.17, 15) is 4.21 Å². The van der Waals surface area contributed by atoms with Crippen LogP contribution < -0.4 is 0 Å². The molecule has 2 bridgehead atoms. The zero-order chi connectivity index (χ0) is 12.0. The summed E-state index contributed by atoms with van der Waals surface area (Å²) in [4.78, 5) is 6.69. The number of hydrogen-bond donors (Lipinski definition) is 0. The lowest BCUT2D eigenvalue weighted by Crippen LogP contribution is -2.37. The molecule has 1 aromatic heterocycles.